The lowest BCUT2D eigenvalue weighted by molar-refractivity contribution is 0.0601. The van der Waals surface area contributed by atoms with Crippen molar-refractivity contribution in [1.29, 1.82) is 0 Å². The lowest BCUT2D eigenvalue weighted by Crippen LogP contribution is -1.97. The maximum Gasteiger partial charge on any atom is 0.338 e. The number of hydrogen-bond donors (Lipinski definition) is 0. The number of hydrogen-bond acceptors (Lipinski definition) is 4. The van der Waals surface area contributed by atoms with Gasteiger partial charge in [-0.05, 0) is 18.2 Å². The maximum absolute atomic E-state index is 11.3. The molecule has 0 unspecified atom stereocenters. The Hall–Kier alpha value is -1.26. The second-order valence-corrected chi connectivity index (χ2v) is 5.35. The van der Waals surface area contributed by atoms with Crippen LogP contribution < -0.4 is 0 Å². The van der Waals surface area contributed by atoms with Crippen LogP contribution in [0, 0.1) is 0 Å². The molecule has 0 saturated carbocycles. The van der Waals surface area contributed by atoms with Gasteiger partial charge in [-0.15, -0.1) is 11.3 Å². The van der Waals surface area contributed by atoms with E-state index in [1.807, 2.05) is 41.8 Å². The van der Waals surface area contributed by atoms with Crippen molar-refractivity contribution in [1.82, 2.24) is 0 Å². The minimum atomic E-state index is -0.281. The summed E-state index contributed by atoms with van der Waals surface area (Å²) in [6.07, 6.45) is 0. The van der Waals surface area contributed by atoms with Gasteiger partial charge in [-0.25, -0.2) is 4.79 Å². The van der Waals surface area contributed by atoms with Crippen LogP contribution in [-0.4, -0.2) is 13.1 Å². The summed E-state index contributed by atoms with van der Waals surface area (Å²) in [5.41, 5.74) is 0.617. The molecule has 0 N–H and O–H groups in total. The minimum absolute atomic E-state index is 0.281. The van der Waals surface area contributed by atoms with Gasteiger partial charge in [-0.2, -0.15) is 0 Å². The van der Waals surface area contributed by atoms with E-state index in [1.165, 1.54) is 12.0 Å². The van der Waals surface area contributed by atoms with Crippen molar-refractivity contribution in [2.24, 2.45) is 0 Å². The van der Waals surface area contributed by atoms with Crippen LogP contribution in [0.4, 0.5) is 0 Å². The van der Waals surface area contributed by atoms with Crippen LogP contribution in [0.2, 0.25) is 0 Å². The van der Waals surface area contributed by atoms with Crippen LogP contribution in [0.1, 0.15) is 10.4 Å². The molecular weight excluding hydrogens is 240 g/mol. The number of esters is 1. The van der Waals surface area contributed by atoms with Gasteiger partial charge in [-0.3, -0.25) is 0 Å². The first-order valence-electron chi connectivity index (χ1n) is 4.69. The van der Waals surface area contributed by atoms with E-state index in [-0.39, 0.29) is 5.97 Å². The zero-order valence-corrected chi connectivity index (χ0v) is 10.3. The zero-order chi connectivity index (χ0) is 11.4. The van der Waals surface area contributed by atoms with E-state index in [2.05, 4.69) is 4.74 Å². The fraction of sp³-hybridized carbons (Fsp3) is 0.0833. The molecule has 82 valence electrons. The Balaban J connectivity index is 2.12. The number of thiophene rings is 1. The Morgan fingerprint density at radius 2 is 2.06 bits per heavy atom. The number of methoxy groups -OCH3 is 1. The molecule has 0 bridgehead atoms. The lowest BCUT2D eigenvalue weighted by Gasteiger charge is -1.96. The molecule has 0 saturated heterocycles. The first kappa shape index (κ1) is 11.2. The third-order valence-corrected chi connectivity index (χ3v) is 4.05. The van der Waals surface area contributed by atoms with E-state index in [4.69, 9.17) is 0 Å². The molecule has 1 aromatic carbocycles. The minimum Gasteiger partial charge on any atom is -0.465 e. The first-order chi connectivity index (χ1) is 7.79. The predicted octanol–water partition coefficient (Wildman–Crippen LogP) is 3.69. The number of ether oxygens (including phenoxy) is 1. The van der Waals surface area contributed by atoms with E-state index < -0.39 is 0 Å². The van der Waals surface area contributed by atoms with Gasteiger partial charge in [-0.1, -0.05) is 30.0 Å². The second kappa shape index (κ2) is 5.18. The van der Waals surface area contributed by atoms with Gasteiger partial charge in [0.05, 0.1) is 16.9 Å². The molecule has 2 aromatic rings. The van der Waals surface area contributed by atoms with E-state index in [0.717, 1.165) is 4.21 Å². The topological polar surface area (TPSA) is 26.3 Å². The molecule has 0 aliphatic heterocycles. The fourth-order valence-corrected chi connectivity index (χ4v) is 3.14. The van der Waals surface area contributed by atoms with Crippen molar-refractivity contribution in [3.63, 3.8) is 0 Å². The number of carbonyl (C=O) groups excluding carboxylic acids is 1. The highest BCUT2D eigenvalue weighted by Gasteiger charge is 2.08. The molecule has 4 heteroatoms. The Labute approximate surface area is 102 Å². The highest BCUT2D eigenvalue weighted by atomic mass is 32.2. The molecule has 0 aliphatic carbocycles. The third-order valence-electron chi connectivity index (χ3n) is 1.96. The quantitative estimate of drug-likeness (QED) is 0.777. The Kier molecular flexibility index (Phi) is 3.64. The van der Waals surface area contributed by atoms with Crippen LogP contribution in [0.25, 0.3) is 0 Å². The summed E-state index contributed by atoms with van der Waals surface area (Å²) in [5.74, 6) is -0.281. The summed E-state index contributed by atoms with van der Waals surface area (Å²) in [6, 6.07) is 11.9. The summed E-state index contributed by atoms with van der Waals surface area (Å²) in [5, 5.41) is 1.82. The van der Waals surface area contributed by atoms with Crippen molar-refractivity contribution < 1.29 is 9.53 Å². The molecule has 0 amide bonds. The third kappa shape index (κ3) is 2.65. The van der Waals surface area contributed by atoms with Crippen LogP contribution in [0.15, 0.2) is 50.9 Å². The molecule has 0 atom stereocenters. The molecule has 1 heterocycles. The summed E-state index contributed by atoms with van der Waals surface area (Å²) < 4.78 is 5.75. The average molecular weight is 250 g/mol. The van der Waals surface area contributed by atoms with Crippen molar-refractivity contribution in [3.8, 4) is 0 Å². The first-order valence-corrected chi connectivity index (χ1v) is 6.39. The van der Waals surface area contributed by atoms with Crippen molar-refractivity contribution in [3.05, 3.63) is 47.3 Å². The highest BCUT2D eigenvalue weighted by molar-refractivity contribution is 8.01. The monoisotopic (exact) mass is 250 g/mol. The van der Waals surface area contributed by atoms with Gasteiger partial charge >= 0.3 is 5.97 Å². The van der Waals surface area contributed by atoms with E-state index >= 15 is 0 Å². The summed E-state index contributed by atoms with van der Waals surface area (Å²) in [6.45, 7) is 0. The number of rotatable bonds is 3. The molecule has 2 nitrogen and oxygen atoms in total. The maximum atomic E-state index is 11.3. The van der Waals surface area contributed by atoms with Gasteiger partial charge in [0.2, 0.25) is 0 Å². The van der Waals surface area contributed by atoms with Gasteiger partial charge in [0.1, 0.15) is 0 Å². The highest BCUT2D eigenvalue weighted by Crippen LogP contribution is 2.32. The summed E-state index contributed by atoms with van der Waals surface area (Å²) in [7, 11) is 1.39. The van der Waals surface area contributed by atoms with Crippen LogP contribution >= 0.6 is 23.1 Å². The van der Waals surface area contributed by atoms with Crippen molar-refractivity contribution in [2.45, 2.75) is 9.10 Å². The lowest BCUT2D eigenvalue weighted by atomic mass is 10.3. The van der Waals surface area contributed by atoms with Crippen LogP contribution in [0.5, 0.6) is 0 Å². The molecule has 2 rings (SSSR count). The summed E-state index contributed by atoms with van der Waals surface area (Å²) in [4.78, 5) is 12.4. The normalized spacial score (nSPS) is 10.1. The van der Waals surface area contributed by atoms with Crippen LogP contribution in [0.3, 0.4) is 0 Å². The van der Waals surface area contributed by atoms with Crippen molar-refractivity contribution >= 4 is 29.1 Å². The standard InChI is InChI=1S/C12H10O2S2/c1-14-12(13)9-7-11(15-8-9)16-10-5-3-2-4-6-10/h2-8H,1H3. The number of benzene rings is 1. The largest absolute Gasteiger partial charge is 0.465 e. The number of carbonyl (C=O) groups is 1. The van der Waals surface area contributed by atoms with Crippen molar-refractivity contribution in [2.75, 3.05) is 7.11 Å². The summed E-state index contributed by atoms with van der Waals surface area (Å²) >= 11 is 3.20. The Morgan fingerprint density at radius 1 is 1.31 bits per heavy atom. The molecule has 0 fully saturated rings. The molecular formula is C12H10O2S2. The van der Waals surface area contributed by atoms with E-state index in [1.54, 1.807) is 23.1 Å². The molecule has 16 heavy (non-hydrogen) atoms. The zero-order valence-electron chi connectivity index (χ0n) is 8.67. The average Bonchev–Trinajstić information content (AvgIpc) is 2.78. The predicted molar refractivity (Wildman–Crippen MR) is 66.2 cm³/mol. The molecule has 0 aliphatic rings. The smallest absolute Gasteiger partial charge is 0.338 e. The fourth-order valence-electron chi connectivity index (χ4n) is 1.20. The van der Waals surface area contributed by atoms with Gasteiger partial charge in [0.15, 0.2) is 0 Å². The molecule has 0 spiro atoms. The molecule has 0 radical (unpaired) electrons. The second-order valence-electron chi connectivity index (χ2n) is 3.06. The van der Waals surface area contributed by atoms with Gasteiger partial charge in [0, 0.05) is 10.3 Å². The van der Waals surface area contributed by atoms with Crippen LogP contribution in [-0.2, 0) is 4.74 Å². The van der Waals surface area contributed by atoms with E-state index in [0.29, 0.717) is 5.56 Å². The van der Waals surface area contributed by atoms with Gasteiger partial charge < -0.3 is 4.74 Å². The Bertz CT molecular complexity index is 477. The molecule has 1 aromatic heterocycles. The van der Waals surface area contributed by atoms with Gasteiger partial charge in [0.25, 0.3) is 0 Å². The van der Waals surface area contributed by atoms with E-state index in [9.17, 15) is 4.79 Å². The SMILES string of the molecule is COC(=O)c1csc(Sc2ccccc2)c1. The Morgan fingerprint density at radius 3 is 2.75 bits per heavy atom.